The molecule has 2 N–H and O–H groups in total. The van der Waals surface area contributed by atoms with Gasteiger partial charge in [0.1, 0.15) is 11.6 Å². The number of hydrogen-bond donors (Lipinski definition) is 2. The van der Waals surface area contributed by atoms with Gasteiger partial charge in [0.2, 0.25) is 0 Å². The molecule has 1 rings (SSSR count). The highest BCUT2D eigenvalue weighted by Crippen LogP contribution is 2.25. The maximum atomic E-state index is 13.2. The molecule has 0 aliphatic carbocycles. The second-order valence-corrected chi connectivity index (χ2v) is 4.62. The van der Waals surface area contributed by atoms with Crippen LogP contribution in [-0.2, 0) is 4.79 Å². The lowest BCUT2D eigenvalue weighted by atomic mass is 10.2. The third-order valence-electron chi connectivity index (χ3n) is 2.80. The van der Waals surface area contributed by atoms with Gasteiger partial charge in [-0.2, -0.15) is 0 Å². The molecule has 0 aliphatic heterocycles. The number of urea groups is 1. The van der Waals surface area contributed by atoms with Gasteiger partial charge in [-0.15, -0.1) is 0 Å². The van der Waals surface area contributed by atoms with Crippen LogP contribution in [0.5, 0.6) is 5.75 Å². The summed E-state index contributed by atoms with van der Waals surface area (Å²) in [6.45, 7) is 3.65. The molecule has 0 heterocycles. The molecule has 0 fully saturated rings. The first kappa shape index (κ1) is 16.7. The summed E-state index contributed by atoms with van der Waals surface area (Å²) in [7, 11) is 1.48. The molecule has 1 atom stereocenters. The Morgan fingerprint density at radius 2 is 2.14 bits per heavy atom. The molecule has 1 unspecified atom stereocenters. The minimum absolute atomic E-state index is 0.0618. The number of benzene rings is 1. The van der Waals surface area contributed by atoms with Crippen molar-refractivity contribution in [2.24, 2.45) is 5.92 Å². The van der Waals surface area contributed by atoms with Crippen LogP contribution in [0.4, 0.5) is 14.9 Å². The van der Waals surface area contributed by atoms with Crippen LogP contribution in [0, 0.1) is 11.7 Å². The minimum atomic E-state index is -0.980. The molecule has 0 bridgehead atoms. The van der Waals surface area contributed by atoms with E-state index in [4.69, 9.17) is 9.84 Å². The first-order valence-corrected chi connectivity index (χ1v) is 6.52. The monoisotopic (exact) mass is 298 g/mol. The molecule has 6 nitrogen and oxygen atoms in total. The Labute approximate surface area is 122 Å². The summed E-state index contributed by atoms with van der Waals surface area (Å²) < 4.78 is 18.4. The average molecular weight is 298 g/mol. The van der Waals surface area contributed by atoms with E-state index in [0.717, 1.165) is 0 Å². The summed E-state index contributed by atoms with van der Waals surface area (Å²) >= 11 is 0. The molecule has 0 saturated heterocycles. The Kier molecular flexibility index (Phi) is 5.95. The SMILES string of the molecule is CCOc1cc(F)ccc1NC(=O)N(C)CC(C)C(=O)O. The van der Waals surface area contributed by atoms with E-state index >= 15 is 0 Å². The summed E-state index contributed by atoms with van der Waals surface area (Å²) in [5.41, 5.74) is 0.332. The normalized spacial score (nSPS) is 11.6. The fourth-order valence-corrected chi connectivity index (χ4v) is 1.66. The molecule has 2 amide bonds. The molecule has 0 radical (unpaired) electrons. The van der Waals surface area contributed by atoms with Crippen molar-refractivity contribution in [2.75, 3.05) is 25.5 Å². The topological polar surface area (TPSA) is 78.9 Å². The van der Waals surface area contributed by atoms with Crippen LogP contribution in [-0.4, -0.2) is 42.2 Å². The van der Waals surface area contributed by atoms with E-state index in [1.807, 2.05) is 0 Å². The Bertz CT molecular complexity index is 522. The zero-order valence-electron chi connectivity index (χ0n) is 12.2. The zero-order valence-corrected chi connectivity index (χ0v) is 12.2. The second kappa shape index (κ2) is 7.47. The van der Waals surface area contributed by atoms with Crippen molar-refractivity contribution in [3.63, 3.8) is 0 Å². The number of nitrogens with one attached hydrogen (secondary N) is 1. The van der Waals surface area contributed by atoms with Crippen LogP contribution in [0.3, 0.4) is 0 Å². The van der Waals surface area contributed by atoms with Gasteiger partial charge in [-0.05, 0) is 19.1 Å². The molecule has 7 heteroatoms. The maximum Gasteiger partial charge on any atom is 0.321 e. The second-order valence-electron chi connectivity index (χ2n) is 4.62. The summed E-state index contributed by atoms with van der Waals surface area (Å²) in [5.74, 6) is -1.90. The highest BCUT2D eigenvalue weighted by Gasteiger charge is 2.18. The number of carbonyl (C=O) groups excluding carboxylic acids is 1. The quantitative estimate of drug-likeness (QED) is 0.845. The first-order chi connectivity index (χ1) is 9.85. The molecule has 21 heavy (non-hydrogen) atoms. The third kappa shape index (κ3) is 4.94. The summed E-state index contributed by atoms with van der Waals surface area (Å²) in [6.07, 6.45) is 0. The number of carboxylic acid groups (broad SMARTS) is 1. The third-order valence-corrected chi connectivity index (χ3v) is 2.80. The molecule has 1 aromatic rings. The minimum Gasteiger partial charge on any atom is -0.492 e. The van der Waals surface area contributed by atoms with Crippen LogP contribution >= 0.6 is 0 Å². The van der Waals surface area contributed by atoms with Crippen molar-refractivity contribution in [1.82, 2.24) is 4.90 Å². The van der Waals surface area contributed by atoms with E-state index in [1.165, 1.54) is 37.1 Å². The number of amides is 2. The van der Waals surface area contributed by atoms with Gasteiger partial charge in [-0.25, -0.2) is 9.18 Å². The van der Waals surface area contributed by atoms with Crippen molar-refractivity contribution >= 4 is 17.7 Å². The van der Waals surface area contributed by atoms with Gasteiger partial charge >= 0.3 is 12.0 Å². The lowest BCUT2D eigenvalue weighted by molar-refractivity contribution is -0.141. The van der Waals surface area contributed by atoms with Crippen LogP contribution in [0.25, 0.3) is 0 Å². The van der Waals surface area contributed by atoms with E-state index in [9.17, 15) is 14.0 Å². The number of halogens is 1. The van der Waals surface area contributed by atoms with Crippen LogP contribution in [0.15, 0.2) is 18.2 Å². The predicted molar refractivity (Wildman–Crippen MR) is 76.0 cm³/mol. The van der Waals surface area contributed by atoms with Gasteiger partial charge in [0.25, 0.3) is 0 Å². The lowest BCUT2D eigenvalue weighted by Gasteiger charge is -2.21. The molecule has 1 aromatic carbocycles. The molecule has 0 aromatic heterocycles. The lowest BCUT2D eigenvalue weighted by Crippen LogP contribution is -2.36. The fraction of sp³-hybridized carbons (Fsp3) is 0.429. The number of hydrogen-bond acceptors (Lipinski definition) is 3. The summed E-state index contributed by atoms with van der Waals surface area (Å²) in [6, 6.07) is 3.29. The molecule has 116 valence electrons. The van der Waals surface area contributed by atoms with Crippen molar-refractivity contribution in [3.8, 4) is 5.75 Å². The summed E-state index contributed by atoms with van der Waals surface area (Å²) in [5, 5.41) is 11.4. The van der Waals surface area contributed by atoms with Crippen LogP contribution < -0.4 is 10.1 Å². The Morgan fingerprint density at radius 3 is 2.71 bits per heavy atom. The van der Waals surface area contributed by atoms with Gasteiger partial charge in [0, 0.05) is 19.7 Å². The average Bonchev–Trinajstić information content (AvgIpc) is 2.41. The van der Waals surface area contributed by atoms with E-state index in [0.29, 0.717) is 12.3 Å². The van der Waals surface area contributed by atoms with Crippen molar-refractivity contribution in [1.29, 1.82) is 0 Å². The highest BCUT2D eigenvalue weighted by atomic mass is 19.1. The maximum absolute atomic E-state index is 13.2. The number of carbonyl (C=O) groups is 2. The number of ether oxygens (including phenoxy) is 1. The Hall–Kier alpha value is -2.31. The van der Waals surface area contributed by atoms with Crippen molar-refractivity contribution < 1.29 is 23.8 Å². The van der Waals surface area contributed by atoms with Crippen LogP contribution in [0.1, 0.15) is 13.8 Å². The van der Waals surface area contributed by atoms with Gasteiger partial charge in [-0.3, -0.25) is 4.79 Å². The standard InChI is InChI=1S/C14H19FN2O4/c1-4-21-12-7-10(15)5-6-11(12)16-14(20)17(3)8-9(2)13(18)19/h5-7,9H,4,8H2,1-3H3,(H,16,20)(H,18,19). The molecular weight excluding hydrogens is 279 g/mol. The number of nitrogens with zero attached hydrogens (tertiary/aromatic N) is 1. The fourth-order valence-electron chi connectivity index (χ4n) is 1.66. The van der Waals surface area contributed by atoms with Gasteiger partial charge in [0.05, 0.1) is 18.2 Å². The van der Waals surface area contributed by atoms with E-state index in [-0.39, 0.29) is 12.3 Å². The molecule has 0 spiro atoms. The van der Waals surface area contributed by atoms with Crippen molar-refractivity contribution in [2.45, 2.75) is 13.8 Å². The molecule has 0 saturated carbocycles. The van der Waals surface area contributed by atoms with Crippen LogP contribution in [0.2, 0.25) is 0 Å². The smallest absolute Gasteiger partial charge is 0.321 e. The van der Waals surface area contributed by atoms with Crippen molar-refractivity contribution in [3.05, 3.63) is 24.0 Å². The van der Waals surface area contributed by atoms with Gasteiger partial charge in [0.15, 0.2) is 0 Å². The predicted octanol–water partition coefficient (Wildman–Crippen LogP) is 2.41. The van der Waals surface area contributed by atoms with Gasteiger partial charge < -0.3 is 20.1 Å². The van der Waals surface area contributed by atoms with E-state index < -0.39 is 23.7 Å². The van der Waals surface area contributed by atoms with E-state index in [2.05, 4.69) is 5.32 Å². The molecular formula is C14H19FN2O4. The number of carboxylic acids is 1. The van der Waals surface area contributed by atoms with E-state index in [1.54, 1.807) is 6.92 Å². The molecule has 0 aliphatic rings. The Balaban J connectivity index is 2.76. The Morgan fingerprint density at radius 1 is 1.48 bits per heavy atom. The number of aliphatic carboxylic acids is 1. The first-order valence-electron chi connectivity index (χ1n) is 6.52. The highest BCUT2D eigenvalue weighted by molar-refractivity contribution is 5.91. The number of rotatable bonds is 6. The number of anilines is 1. The van der Waals surface area contributed by atoms with Gasteiger partial charge in [-0.1, -0.05) is 6.92 Å². The zero-order chi connectivity index (χ0) is 16.0. The largest absolute Gasteiger partial charge is 0.492 e. The summed E-state index contributed by atoms with van der Waals surface area (Å²) in [4.78, 5) is 24.0.